The number of nitrogens with one attached hydrogen (secondary N) is 1. The Labute approximate surface area is 482 Å². The lowest BCUT2D eigenvalue weighted by Gasteiger charge is -2.05. The van der Waals surface area contributed by atoms with Gasteiger partial charge in [-0.15, -0.1) is 0 Å². The Morgan fingerprint density at radius 2 is 0.833 bits per heavy atom. The number of anilines is 1. The van der Waals surface area contributed by atoms with Gasteiger partial charge in [0.1, 0.15) is 46.0 Å². The lowest BCUT2D eigenvalue weighted by atomic mass is 10.1. The summed E-state index contributed by atoms with van der Waals surface area (Å²) in [5.74, 6) is 2.39. The molecule has 78 heavy (non-hydrogen) atoms. The fourth-order valence-electron chi connectivity index (χ4n) is 6.11. The molecule has 0 aliphatic carbocycles. The molecule has 0 saturated heterocycles. The van der Waals surface area contributed by atoms with Gasteiger partial charge in [-0.1, -0.05) is 113 Å². The van der Waals surface area contributed by atoms with E-state index in [1.165, 1.54) is 6.07 Å². The van der Waals surface area contributed by atoms with Crippen LogP contribution in [0.1, 0.15) is 77.9 Å². The maximum Gasteiger partial charge on any atom is 0.137 e. The van der Waals surface area contributed by atoms with E-state index in [1.54, 1.807) is 55.5 Å². The Bertz CT molecular complexity index is 2860. The molecule has 0 spiro atoms. The molecule has 0 unspecified atom stereocenters. The van der Waals surface area contributed by atoms with Gasteiger partial charge in [0.15, 0.2) is 0 Å². The highest BCUT2D eigenvalue weighted by molar-refractivity contribution is 6.36. The molecule has 0 amide bonds. The van der Waals surface area contributed by atoms with Gasteiger partial charge >= 0.3 is 0 Å². The van der Waals surface area contributed by atoms with E-state index in [1.807, 2.05) is 163 Å². The van der Waals surface area contributed by atoms with Crippen LogP contribution >= 0.6 is 46.4 Å². The number of phenols is 8. The number of hydrogen-bond donors (Lipinski definition) is 10. The van der Waals surface area contributed by atoms with Gasteiger partial charge in [-0.05, 0) is 229 Å². The first-order valence-electron chi connectivity index (χ1n) is 24.6. The number of aliphatic hydroxyl groups is 1. The highest BCUT2D eigenvalue weighted by atomic mass is 35.5. The minimum absolute atomic E-state index is 0.0727. The summed E-state index contributed by atoms with van der Waals surface area (Å²) in [6.07, 6.45) is 0. The predicted octanol–water partition coefficient (Wildman–Crippen LogP) is 17.5. The fourth-order valence-corrected chi connectivity index (χ4v) is 6.91. The van der Waals surface area contributed by atoms with Crippen LogP contribution in [0.4, 0.5) is 5.69 Å². The molecule has 8 rings (SSSR count). The summed E-state index contributed by atoms with van der Waals surface area (Å²) in [7, 11) is 0. The van der Waals surface area contributed by atoms with E-state index >= 15 is 0 Å². The van der Waals surface area contributed by atoms with E-state index in [0.29, 0.717) is 60.9 Å². The molecule has 0 aliphatic rings. The summed E-state index contributed by atoms with van der Waals surface area (Å²) < 4.78 is 0. The second-order valence-corrected chi connectivity index (χ2v) is 20.0. The van der Waals surface area contributed by atoms with Crippen LogP contribution in [0.15, 0.2) is 127 Å². The molecule has 8 aromatic rings. The quantitative estimate of drug-likeness (QED) is 0.0814. The maximum atomic E-state index is 9.39. The monoisotopic (exact) mass is 1140 g/mol. The van der Waals surface area contributed by atoms with E-state index in [-0.39, 0.29) is 23.9 Å². The molecule has 0 aromatic heterocycles. The van der Waals surface area contributed by atoms with Gasteiger partial charge in [0.2, 0.25) is 0 Å². The molecule has 8 aromatic carbocycles. The molecule has 0 aliphatic heterocycles. The third-order valence-electron chi connectivity index (χ3n) is 11.8. The summed E-state index contributed by atoms with van der Waals surface area (Å²) in [5, 5.41) is 86.7. The van der Waals surface area contributed by atoms with Crippen LogP contribution in [-0.2, 0) is 0 Å². The van der Waals surface area contributed by atoms with Crippen LogP contribution in [0.25, 0.3) is 0 Å². The summed E-state index contributed by atoms with van der Waals surface area (Å²) in [6, 6.07) is 37.8. The van der Waals surface area contributed by atoms with E-state index in [2.05, 4.69) is 5.32 Å². The topological polar surface area (TPSA) is 194 Å². The van der Waals surface area contributed by atoms with Crippen molar-refractivity contribution in [2.75, 3.05) is 18.5 Å². The number of benzene rings is 8. The summed E-state index contributed by atoms with van der Waals surface area (Å²) in [6.45, 7) is 27.1. The molecule has 0 saturated carbocycles. The first-order valence-corrected chi connectivity index (χ1v) is 26.2. The molecule has 0 heterocycles. The first-order chi connectivity index (χ1) is 36.4. The second kappa shape index (κ2) is 34.8. The minimum Gasteiger partial charge on any atom is -0.508 e. The average Bonchev–Trinajstić information content (AvgIpc) is 3.39. The number of hydrogen-bond acceptors (Lipinski definition) is 10. The van der Waals surface area contributed by atoms with Gasteiger partial charge in [0.25, 0.3) is 0 Å². The zero-order valence-electron chi connectivity index (χ0n) is 47.1. The second-order valence-electron chi connectivity index (χ2n) is 18.4. The van der Waals surface area contributed by atoms with Crippen molar-refractivity contribution in [3.63, 3.8) is 0 Å². The Hall–Kier alpha value is -6.92. The lowest BCUT2D eigenvalue weighted by Crippen LogP contribution is -2.04. The van der Waals surface area contributed by atoms with E-state index in [9.17, 15) is 15.3 Å². The molecule has 14 heteroatoms. The molecule has 420 valence electrons. The number of aliphatic hydroxyl groups excluding tert-OH is 1. The third-order valence-corrected chi connectivity index (χ3v) is 13.6. The van der Waals surface area contributed by atoms with Crippen LogP contribution in [0.2, 0.25) is 20.1 Å². The van der Waals surface area contributed by atoms with Gasteiger partial charge in [0, 0.05) is 28.3 Å². The van der Waals surface area contributed by atoms with Crippen LogP contribution in [0.3, 0.4) is 0 Å². The van der Waals surface area contributed by atoms with Crippen molar-refractivity contribution in [1.82, 2.24) is 0 Å². The molecule has 0 radical (unpaired) electrons. The highest BCUT2D eigenvalue weighted by Gasteiger charge is 2.06. The predicted molar refractivity (Wildman–Crippen MR) is 327 cm³/mol. The molecule has 0 atom stereocenters. The molecular weight excluding hydrogens is 1070 g/mol. The Morgan fingerprint density at radius 1 is 0.333 bits per heavy atom. The normalized spacial score (nSPS) is 9.73. The van der Waals surface area contributed by atoms with Crippen molar-refractivity contribution in [1.29, 1.82) is 0 Å². The molecular formula is C64H77Cl4NO9. The van der Waals surface area contributed by atoms with Gasteiger partial charge in [-0.3, -0.25) is 0 Å². The van der Waals surface area contributed by atoms with Crippen LogP contribution < -0.4 is 5.32 Å². The van der Waals surface area contributed by atoms with E-state index in [4.69, 9.17) is 77.0 Å². The summed E-state index contributed by atoms with van der Waals surface area (Å²) in [5.41, 5.74) is 14.1. The molecule has 10 nitrogen and oxygen atoms in total. The molecule has 0 fully saturated rings. The standard InChI is InChI=1S/C9H13NO2.C9H12O.2C8H9ClO.2C8H10O.C7H6Cl2O.C7H8O/c1-7-2-3-8(6-9(7)12)10-4-5-11;1-6-4-5-7(2)9(10)8(6)3;1-5-4-8(10)6(2)3-7(5)9;1-5-3-4-6(2)8(10)7(5)9;1-6-3-4-7(2)8(9)5-6;1-6-4-3-5-8(9)7(6)2;1-4-5(8)2-3-6(10)7(4)9;1-6-3-2-4-7(8)5-6/h2-3,6,10-12H,4-5H2,1H3;4-5,10H,1-3H3;2*3-4,10H,1-2H3;2*3-5,9H,1-2H3;2-3,10H,1H3;2-5,8H,1H3. The Balaban J connectivity index is 0.000000447. The van der Waals surface area contributed by atoms with Gasteiger partial charge in [0.05, 0.1) is 16.7 Å². The SMILES string of the molecule is Cc1c(Cl)ccc(O)c1Cl.Cc1cc(Cl)c(C)cc1O.Cc1ccc(C)c(Cl)c1O.Cc1ccc(C)c(O)c1.Cc1ccc(C)c(O)c1C.Cc1ccc(NCCO)cc1O.Cc1cccc(O)c1.Cc1cccc(O)c1C. The van der Waals surface area contributed by atoms with Gasteiger partial charge in [-0.2, -0.15) is 0 Å². The van der Waals surface area contributed by atoms with Crippen molar-refractivity contribution >= 4 is 52.1 Å². The Kier molecular flexibility index (Phi) is 30.8. The number of halogens is 4. The lowest BCUT2D eigenvalue weighted by molar-refractivity contribution is 0.311. The fraction of sp³-hybridized carbons (Fsp3) is 0.250. The van der Waals surface area contributed by atoms with Crippen LogP contribution in [-0.4, -0.2) is 59.1 Å². The first kappa shape index (κ1) is 69.1. The summed E-state index contributed by atoms with van der Waals surface area (Å²) >= 11 is 22.8. The third kappa shape index (κ3) is 24.6. The van der Waals surface area contributed by atoms with Gasteiger partial charge < -0.3 is 51.3 Å². The number of phenolic OH excluding ortho intramolecular Hbond substituents is 8. The average molecular weight is 1150 g/mol. The molecule has 10 N–H and O–H groups in total. The largest absolute Gasteiger partial charge is 0.508 e. The minimum atomic E-state index is 0.0727. The van der Waals surface area contributed by atoms with Crippen molar-refractivity contribution in [2.45, 2.75) is 96.9 Å². The van der Waals surface area contributed by atoms with Crippen molar-refractivity contribution in [3.05, 3.63) is 225 Å². The van der Waals surface area contributed by atoms with Crippen molar-refractivity contribution in [2.24, 2.45) is 0 Å². The van der Waals surface area contributed by atoms with Crippen molar-refractivity contribution < 1.29 is 46.0 Å². The number of rotatable bonds is 3. The maximum absolute atomic E-state index is 9.39. The Morgan fingerprint density at radius 3 is 1.29 bits per heavy atom. The highest BCUT2D eigenvalue weighted by Crippen LogP contribution is 2.32. The van der Waals surface area contributed by atoms with Crippen LogP contribution in [0.5, 0.6) is 46.0 Å². The number of aromatic hydroxyl groups is 8. The van der Waals surface area contributed by atoms with Crippen molar-refractivity contribution in [3.8, 4) is 46.0 Å². The van der Waals surface area contributed by atoms with E-state index in [0.717, 1.165) is 78.0 Å². The molecule has 0 bridgehead atoms. The van der Waals surface area contributed by atoms with Crippen LogP contribution in [0, 0.1) is 96.9 Å². The van der Waals surface area contributed by atoms with E-state index < -0.39 is 0 Å². The smallest absolute Gasteiger partial charge is 0.137 e. The summed E-state index contributed by atoms with van der Waals surface area (Å²) in [4.78, 5) is 0. The number of aryl methyl sites for hydroxylation is 11. The van der Waals surface area contributed by atoms with Gasteiger partial charge in [-0.25, -0.2) is 0 Å². The zero-order valence-corrected chi connectivity index (χ0v) is 50.1. The zero-order chi connectivity index (χ0) is 59.6.